The fraction of sp³-hybridized carbons (Fsp3) is 0.500. The number of hydrogen-bond donors (Lipinski definition) is 3. The third-order valence-corrected chi connectivity index (χ3v) is 3.37. The third-order valence-electron chi connectivity index (χ3n) is 1.97. The van der Waals surface area contributed by atoms with Gasteiger partial charge in [-0.3, -0.25) is 4.79 Å². The standard InChI is InChI=1S/C8H13N3O5S/c1-16-3-2-6(8(12)13)11-17(14,15)7-4-9-5-10-7/h4-6,11H,2-3H2,1H3,(H,9,10)(H,12,13). The van der Waals surface area contributed by atoms with Crippen LogP contribution in [0.1, 0.15) is 6.42 Å². The summed E-state index contributed by atoms with van der Waals surface area (Å²) >= 11 is 0. The number of carbonyl (C=O) groups is 1. The van der Waals surface area contributed by atoms with Crippen molar-refractivity contribution in [2.75, 3.05) is 13.7 Å². The normalized spacial score (nSPS) is 13.5. The average molecular weight is 263 g/mol. The van der Waals surface area contributed by atoms with Crippen molar-refractivity contribution in [1.82, 2.24) is 14.7 Å². The molecule has 0 saturated heterocycles. The highest BCUT2D eigenvalue weighted by molar-refractivity contribution is 7.89. The van der Waals surface area contributed by atoms with E-state index in [0.29, 0.717) is 0 Å². The Hall–Kier alpha value is -1.45. The molecule has 8 nitrogen and oxygen atoms in total. The zero-order valence-electron chi connectivity index (χ0n) is 9.08. The Balaban J connectivity index is 2.76. The Labute approximate surface area is 98.1 Å². The van der Waals surface area contributed by atoms with Gasteiger partial charge in [0.05, 0.1) is 12.5 Å². The van der Waals surface area contributed by atoms with Gasteiger partial charge in [-0.15, -0.1) is 0 Å². The lowest BCUT2D eigenvalue weighted by molar-refractivity contribution is -0.139. The minimum Gasteiger partial charge on any atom is -0.480 e. The first-order chi connectivity index (χ1) is 7.97. The Morgan fingerprint density at radius 2 is 2.41 bits per heavy atom. The maximum atomic E-state index is 11.7. The summed E-state index contributed by atoms with van der Waals surface area (Å²) < 4.78 is 30.1. The summed E-state index contributed by atoms with van der Waals surface area (Å²) in [5.74, 6) is -1.26. The topological polar surface area (TPSA) is 121 Å². The predicted molar refractivity (Wildman–Crippen MR) is 56.8 cm³/mol. The molecule has 0 fully saturated rings. The van der Waals surface area contributed by atoms with Gasteiger partial charge in [0.2, 0.25) is 0 Å². The Morgan fingerprint density at radius 1 is 1.71 bits per heavy atom. The van der Waals surface area contributed by atoms with E-state index in [1.807, 2.05) is 0 Å². The van der Waals surface area contributed by atoms with E-state index in [-0.39, 0.29) is 18.1 Å². The number of aromatic nitrogens is 2. The van der Waals surface area contributed by atoms with Crippen LogP contribution in [0.3, 0.4) is 0 Å². The zero-order valence-corrected chi connectivity index (χ0v) is 9.90. The lowest BCUT2D eigenvalue weighted by atomic mass is 10.2. The van der Waals surface area contributed by atoms with E-state index in [2.05, 4.69) is 14.7 Å². The molecule has 96 valence electrons. The smallest absolute Gasteiger partial charge is 0.321 e. The molecule has 1 atom stereocenters. The number of aromatic amines is 1. The first-order valence-corrected chi connectivity index (χ1v) is 6.18. The second-order valence-electron chi connectivity index (χ2n) is 3.21. The largest absolute Gasteiger partial charge is 0.480 e. The van der Waals surface area contributed by atoms with Crippen LogP contribution in [0.15, 0.2) is 17.6 Å². The number of carboxylic acids is 1. The fourth-order valence-electron chi connectivity index (χ4n) is 1.11. The number of rotatable bonds is 7. The fourth-order valence-corrected chi connectivity index (χ4v) is 2.24. The highest BCUT2D eigenvalue weighted by Crippen LogP contribution is 2.05. The van der Waals surface area contributed by atoms with Gasteiger partial charge in [0, 0.05) is 13.7 Å². The summed E-state index contributed by atoms with van der Waals surface area (Å²) in [6.45, 7) is 0.141. The lowest BCUT2D eigenvalue weighted by Gasteiger charge is -2.13. The maximum Gasteiger partial charge on any atom is 0.321 e. The van der Waals surface area contributed by atoms with Crippen molar-refractivity contribution in [2.24, 2.45) is 0 Å². The van der Waals surface area contributed by atoms with Gasteiger partial charge in [0.1, 0.15) is 6.04 Å². The molecule has 0 aromatic carbocycles. The van der Waals surface area contributed by atoms with Gasteiger partial charge in [0.15, 0.2) is 5.03 Å². The summed E-state index contributed by atoms with van der Waals surface area (Å²) in [5, 5.41) is 8.67. The van der Waals surface area contributed by atoms with Crippen molar-refractivity contribution in [3.05, 3.63) is 12.5 Å². The second-order valence-corrected chi connectivity index (χ2v) is 4.89. The Kier molecular flexibility index (Phi) is 4.61. The first-order valence-electron chi connectivity index (χ1n) is 4.70. The van der Waals surface area contributed by atoms with Crippen LogP contribution < -0.4 is 4.72 Å². The summed E-state index contributed by atoms with van der Waals surface area (Å²) in [7, 11) is -2.49. The van der Waals surface area contributed by atoms with E-state index in [1.165, 1.54) is 13.4 Å². The van der Waals surface area contributed by atoms with Crippen molar-refractivity contribution in [1.29, 1.82) is 0 Å². The Bertz CT molecular complexity index is 456. The van der Waals surface area contributed by atoms with Crippen LogP contribution in [0.25, 0.3) is 0 Å². The van der Waals surface area contributed by atoms with E-state index in [0.717, 1.165) is 6.20 Å². The molecule has 0 amide bonds. The molecule has 1 aromatic rings. The number of aliphatic carboxylic acids is 1. The lowest BCUT2D eigenvalue weighted by Crippen LogP contribution is -2.41. The molecule has 0 aliphatic rings. The molecule has 3 N–H and O–H groups in total. The van der Waals surface area contributed by atoms with E-state index in [1.54, 1.807) is 0 Å². The number of ether oxygens (including phenoxy) is 1. The monoisotopic (exact) mass is 263 g/mol. The molecular weight excluding hydrogens is 250 g/mol. The highest BCUT2D eigenvalue weighted by atomic mass is 32.2. The van der Waals surface area contributed by atoms with Gasteiger partial charge in [0.25, 0.3) is 10.0 Å². The summed E-state index contributed by atoms with van der Waals surface area (Å²) in [6, 6.07) is -1.23. The molecular formula is C8H13N3O5S. The molecule has 1 aromatic heterocycles. The van der Waals surface area contributed by atoms with Crippen LogP contribution >= 0.6 is 0 Å². The number of sulfonamides is 1. The van der Waals surface area contributed by atoms with Crippen molar-refractivity contribution < 1.29 is 23.1 Å². The minimum atomic E-state index is -3.90. The number of carboxylic acid groups (broad SMARTS) is 1. The molecule has 17 heavy (non-hydrogen) atoms. The molecule has 0 saturated carbocycles. The molecule has 1 unspecified atom stereocenters. The summed E-state index contributed by atoms with van der Waals surface area (Å²) in [5.41, 5.74) is 0. The second kappa shape index (κ2) is 5.75. The first kappa shape index (κ1) is 13.6. The van der Waals surface area contributed by atoms with Gasteiger partial charge in [-0.05, 0) is 6.42 Å². The van der Waals surface area contributed by atoms with Gasteiger partial charge < -0.3 is 14.8 Å². The quantitative estimate of drug-likeness (QED) is 0.590. The maximum absolute atomic E-state index is 11.7. The summed E-state index contributed by atoms with van der Waals surface area (Å²) in [4.78, 5) is 16.8. The Morgan fingerprint density at radius 3 is 2.88 bits per heavy atom. The van der Waals surface area contributed by atoms with Crippen LogP contribution in [-0.4, -0.2) is 49.2 Å². The number of nitrogens with zero attached hydrogens (tertiary/aromatic N) is 1. The van der Waals surface area contributed by atoms with E-state index in [9.17, 15) is 13.2 Å². The van der Waals surface area contributed by atoms with E-state index in [4.69, 9.17) is 9.84 Å². The van der Waals surface area contributed by atoms with Gasteiger partial charge in [-0.2, -0.15) is 4.72 Å². The minimum absolute atomic E-state index is 0.0409. The molecule has 1 rings (SSSR count). The van der Waals surface area contributed by atoms with Gasteiger partial charge in [-0.1, -0.05) is 0 Å². The van der Waals surface area contributed by atoms with Crippen LogP contribution in [0.5, 0.6) is 0 Å². The average Bonchev–Trinajstić information content (AvgIpc) is 2.77. The molecule has 0 bridgehead atoms. The van der Waals surface area contributed by atoms with Crippen molar-refractivity contribution in [3.8, 4) is 0 Å². The molecule has 9 heteroatoms. The number of H-pyrrole nitrogens is 1. The van der Waals surface area contributed by atoms with Crippen LogP contribution in [0.2, 0.25) is 0 Å². The molecule has 0 radical (unpaired) electrons. The van der Waals surface area contributed by atoms with Crippen LogP contribution in [-0.2, 0) is 19.6 Å². The molecule has 1 heterocycles. The van der Waals surface area contributed by atoms with Gasteiger partial charge >= 0.3 is 5.97 Å². The molecule has 0 aliphatic heterocycles. The van der Waals surface area contributed by atoms with Crippen LogP contribution in [0.4, 0.5) is 0 Å². The van der Waals surface area contributed by atoms with Crippen molar-refractivity contribution >= 4 is 16.0 Å². The molecule has 0 aliphatic carbocycles. The van der Waals surface area contributed by atoms with E-state index < -0.39 is 22.0 Å². The zero-order chi connectivity index (χ0) is 12.9. The number of imidazole rings is 1. The molecule has 0 spiro atoms. The highest BCUT2D eigenvalue weighted by Gasteiger charge is 2.25. The predicted octanol–water partition coefficient (Wildman–Crippen LogP) is -0.822. The van der Waals surface area contributed by atoms with Gasteiger partial charge in [-0.25, -0.2) is 13.4 Å². The number of hydrogen-bond acceptors (Lipinski definition) is 5. The number of nitrogens with one attached hydrogen (secondary N) is 2. The summed E-state index contributed by atoms with van der Waals surface area (Å²) in [6.07, 6.45) is 2.33. The van der Waals surface area contributed by atoms with Crippen LogP contribution in [0, 0.1) is 0 Å². The van der Waals surface area contributed by atoms with E-state index >= 15 is 0 Å². The van der Waals surface area contributed by atoms with Crippen molar-refractivity contribution in [2.45, 2.75) is 17.5 Å². The van der Waals surface area contributed by atoms with Crippen molar-refractivity contribution in [3.63, 3.8) is 0 Å². The SMILES string of the molecule is COCCC(NS(=O)(=O)c1cnc[nH]1)C(=O)O. The third kappa shape index (κ3) is 3.80. The number of methoxy groups -OCH3 is 1.